The second-order valence-corrected chi connectivity index (χ2v) is 5.61. The van der Waals surface area contributed by atoms with Gasteiger partial charge in [-0.15, -0.1) is 0 Å². The zero-order valence-corrected chi connectivity index (χ0v) is 12.2. The monoisotopic (exact) mass is 269 g/mol. The van der Waals surface area contributed by atoms with Gasteiger partial charge >= 0.3 is 0 Å². The maximum atomic E-state index is 4.65. The fraction of sp³-hybridized carbons (Fsp3) is 0.471. The molecular weight excluding hydrogens is 246 g/mol. The number of fused-ring (bicyclic) bond motifs is 1. The van der Waals surface area contributed by atoms with Gasteiger partial charge in [0.25, 0.3) is 0 Å². The van der Waals surface area contributed by atoms with Gasteiger partial charge in [0.2, 0.25) is 0 Å². The molecule has 1 aromatic heterocycles. The highest BCUT2D eigenvalue weighted by atomic mass is 15.2. The molecule has 0 amide bonds. The molecule has 0 radical (unpaired) electrons. The van der Waals surface area contributed by atoms with Crippen LogP contribution in [0.25, 0.3) is 10.8 Å². The summed E-state index contributed by atoms with van der Waals surface area (Å²) in [6.45, 7) is 6.65. The Morgan fingerprint density at radius 3 is 3.00 bits per heavy atom. The lowest BCUT2D eigenvalue weighted by atomic mass is 9.99. The van der Waals surface area contributed by atoms with Crippen molar-refractivity contribution in [2.45, 2.75) is 19.8 Å². The first-order chi connectivity index (χ1) is 9.88. The number of benzene rings is 1. The number of rotatable bonds is 4. The van der Waals surface area contributed by atoms with Gasteiger partial charge in [-0.3, -0.25) is 0 Å². The van der Waals surface area contributed by atoms with Crippen molar-refractivity contribution >= 4 is 16.6 Å². The van der Waals surface area contributed by atoms with Crippen molar-refractivity contribution in [3.05, 3.63) is 36.5 Å². The molecule has 106 valence electrons. The number of piperidine rings is 1. The number of aromatic nitrogens is 1. The summed E-state index contributed by atoms with van der Waals surface area (Å²) in [7, 11) is 0. The lowest BCUT2D eigenvalue weighted by molar-refractivity contribution is 0.377. The summed E-state index contributed by atoms with van der Waals surface area (Å²) in [4.78, 5) is 7.08. The maximum absolute atomic E-state index is 4.65. The molecule has 1 N–H and O–H groups in total. The minimum atomic E-state index is 0.740. The highest BCUT2D eigenvalue weighted by Gasteiger charge is 2.18. The van der Waals surface area contributed by atoms with Crippen LogP contribution >= 0.6 is 0 Å². The molecule has 1 atom stereocenters. The van der Waals surface area contributed by atoms with E-state index in [4.69, 9.17) is 0 Å². The zero-order chi connectivity index (χ0) is 13.8. The molecule has 0 saturated carbocycles. The van der Waals surface area contributed by atoms with E-state index in [0.717, 1.165) is 31.4 Å². The van der Waals surface area contributed by atoms with Crippen LogP contribution in [0.3, 0.4) is 0 Å². The smallest absolute Gasteiger partial charge is 0.136 e. The quantitative estimate of drug-likeness (QED) is 0.924. The third-order valence-electron chi connectivity index (χ3n) is 4.21. The summed E-state index contributed by atoms with van der Waals surface area (Å²) in [5.74, 6) is 1.88. The fourth-order valence-corrected chi connectivity index (χ4v) is 3.11. The van der Waals surface area contributed by atoms with Gasteiger partial charge in [-0.05, 0) is 50.2 Å². The second kappa shape index (κ2) is 6.23. The van der Waals surface area contributed by atoms with E-state index in [-0.39, 0.29) is 0 Å². The van der Waals surface area contributed by atoms with E-state index in [0.29, 0.717) is 0 Å². The molecular formula is C17H23N3. The second-order valence-electron chi connectivity index (χ2n) is 5.61. The van der Waals surface area contributed by atoms with Crippen LogP contribution in [-0.4, -0.2) is 31.2 Å². The Balaban J connectivity index is 1.86. The van der Waals surface area contributed by atoms with Crippen molar-refractivity contribution < 1.29 is 0 Å². The molecule has 0 bridgehead atoms. The first-order valence-electron chi connectivity index (χ1n) is 7.68. The highest BCUT2D eigenvalue weighted by Crippen LogP contribution is 2.25. The van der Waals surface area contributed by atoms with Gasteiger partial charge in [-0.1, -0.05) is 24.3 Å². The topological polar surface area (TPSA) is 28.2 Å². The van der Waals surface area contributed by atoms with Crippen LogP contribution in [0.15, 0.2) is 36.5 Å². The first kappa shape index (κ1) is 13.4. The van der Waals surface area contributed by atoms with Crippen molar-refractivity contribution in [3.8, 4) is 0 Å². The van der Waals surface area contributed by atoms with E-state index >= 15 is 0 Å². The molecule has 2 heterocycles. The lowest BCUT2D eigenvalue weighted by Crippen LogP contribution is -2.38. The molecule has 3 heteroatoms. The van der Waals surface area contributed by atoms with Crippen LogP contribution in [0.5, 0.6) is 0 Å². The Kier molecular flexibility index (Phi) is 4.16. The van der Waals surface area contributed by atoms with E-state index in [1.807, 2.05) is 6.20 Å². The number of hydrogen-bond donors (Lipinski definition) is 1. The standard InChI is InChI=1S/C17H23N3/c1-2-20(13-14-6-5-10-18-12-14)17-16-8-4-3-7-15(16)9-11-19-17/h3-4,7-9,11,14,18H,2,5-6,10,12-13H2,1H3. The molecule has 0 spiro atoms. The minimum Gasteiger partial charge on any atom is -0.356 e. The third kappa shape index (κ3) is 2.78. The van der Waals surface area contributed by atoms with Gasteiger partial charge in [0, 0.05) is 24.7 Å². The predicted octanol–water partition coefficient (Wildman–Crippen LogP) is 3.06. The van der Waals surface area contributed by atoms with Crippen LogP contribution in [0, 0.1) is 5.92 Å². The summed E-state index contributed by atoms with van der Waals surface area (Å²) in [6, 6.07) is 10.6. The van der Waals surface area contributed by atoms with Crippen molar-refractivity contribution in [1.82, 2.24) is 10.3 Å². The van der Waals surface area contributed by atoms with E-state index < -0.39 is 0 Å². The Bertz CT molecular complexity index is 556. The molecule has 1 saturated heterocycles. The molecule has 0 aliphatic carbocycles. The third-order valence-corrected chi connectivity index (χ3v) is 4.21. The Hall–Kier alpha value is -1.61. The molecule has 1 aliphatic heterocycles. The Labute approximate surface area is 121 Å². The van der Waals surface area contributed by atoms with E-state index in [1.54, 1.807) is 0 Å². The van der Waals surface area contributed by atoms with Gasteiger partial charge < -0.3 is 10.2 Å². The SMILES string of the molecule is CCN(CC1CCCNC1)c1nccc2ccccc12. The average molecular weight is 269 g/mol. The van der Waals surface area contributed by atoms with E-state index in [9.17, 15) is 0 Å². The average Bonchev–Trinajstić information content (AvgIpc) is 2.53. The summed E-state index contributed by atoms with van der Waals surface area (Å²) < 4.78 is 0. The largest absolute Gasteiger partial charge is 0.356 e. The number of nitrogens with one attached hydrogen (secondary N) is 1. The molecule has 1 unspecified atom stereocenters. The number of nitrogens with zero attached hydrogens (tertiary/aromatic N) is 2. The van der Waals surface area contributed by atoms with E-state index in [1.165, 1.54) is 30.2 Å². The van der Waals surface area contributed by atoms with Crippen LogP contribution in [0.1, 0.15) is 19.8 Å². The van der Waals surface area contributed by atoms with Crippen LogP contribution in [0.2, 0.25) is 0 Å². The van der Waals surface area contributed by atoms with Crippen molar-refractivity contribution in [1.29, 1.82) is 0 Å². The summed E-state index contributed by atoms with van der Waals surface area (Å²) >= 11 is 0. The molecule has 3 nitrogen and oxygen atoms in total. The number of anilines is 1. The summed E-state index contributed by atoms with van der Waals surface area (Å²) in [5, 5.41) is 6.05. The van der Waals surface area contributed by atoms with E-state index in [2.05, 4.69) is 52.5 Å². The Morgan fingerprint density at radius 1 is 1.30 bits per heavy atom. The van der Waals surface area contributed by atoms with Crippen LogP contribution in [-0.2, 0) is 0 Å². The molecule has 20 heavy (non-hydrogen) atoms. The predicted molar refractivity (Wildman–Crippen MR) is 85.2 cm³/mol. The number of pyridine rings is 1. The molecule has 1 aliphatic rings. The highest BCUT2D eigenvalue weighted by molar-refractivity contribution is 5.92. The number of hydrogen-bond acceptors (Lipinski definition) is 3. The fourth-order valence-electron chi connectivity index (χ4n) is 3.11. The summed E-state index contributed by atoms with van der Waals surface area (Å²) in [6.07, 6.45) is 4.55. The van der Waals surface area contributed by atoms with Crippen LogP contribution < -0.4 is 10.2 Å². The zero-order valence-electron chi connectivity index (χ0n) is 12.2. The molecule has 1 fully saturated rings. The van der Waals surface area contributed by atoms with Gasteiger partial charge in [0.15, 0.2) is 0 Å². The van der Waals surface area contributed by atoms with Crippen molar-refractivity contribution in [2.75, 3.05) is 31.1 Å². The van der Waals surface area contributed by atoms with Gasteiger partial charge in [0.05, 0.1) is 0 Å². The van der Waals surface area contributed by atoms with Gasteiger partial charge in [0.1, 0.15) is 5.82 Å². The lowest BCUT2D eigenvalue weighted by Gasteiger charge is -2.30. The molecule has 3 rings (SSSR count). The van der Waals surface area contributed by atoms with Crippen molar-refractivity contribution in [2.24, 2.45) is 5.92 Å². The summed E-state index contributed by atoms with van der Waals surface area (Å²) in [5.41, 5.74) is 0. The van der Waals surface area contributed by atoms with Gasteiger partial charge in [-0.2, -0.15) is 0 Å². The minimum absolute atomic E-state index is 0.740. The van der Waals surface area contributed by atoms with Crippen LogP contribution in [0.4, 0.5) is 5.82 Å². The molecule has 1 aromatic carbocycles. The first-order valence-corrected chi connectivity index (χ1v) is 7.68. The maximum Gasteiger partial charge on any atom is 0.136 e. The molecule has 2 aromatic rings. The van der Waals surface area contributed by atoms with Gasteiger partial charge in [-0.25, -0.2) is 4.98 Å². The van der Waals surface area contributed by atoms with Crippen molar-refractivity contribution in [3.63, 3.8) is 0 Å². The Morgan fingerprint density at radius 2 is 2.20 bits per heavy atom. The normalized spacial score (nSPS) is 19.1.